The normalized spacial score (nSPS) is 11.8. The number of hydrogen-bond donors (Lipinski definition) is 2. The number of halogens is 1. The predicted molar refractivity (Wildman–Crippen MR) is 71.4 cm³/mol. The Kier molecular flexibility index (Phi) is 5.96. The van der Waals surface area contributed by atoms with Gasteiger partial charge in [0.05, 0.1) is 0 Å². The summed E-state index contributed by atoms with van der Waals surface area (Å²) in [5.74, 6) is -2.34. The lowest BCUT2D eigenvalue weighted by molar-refractivity contribution is -0.127. The number of amides is 1. The van der Waals surface area contributed by atoms with Crippen molar-refractivity contribution in [1.29, 1.82) is 0 Å². The van der Waals surface area contributed by atoms with Crippen molar-refractivity contribution in [3.63, 3.8) is 0 Å². The second-order valence-electron chi connectivity index (χ2n) is 4.35. The highest BCUT2D eigenvalue weighted by atomic mass is 19.1. The van der Waals surface area contributed by atoms with Gasteiger partial charge >= 0.3 is 5.97 Å². The monoisotopic (exact) mass is 283 g/mol. The molecule has 0 saturated carbocycles. The summed E-state index contributed by atoms with van der Waals surface area (Å²) >= 11 is 0. The number of rotatable bonds is 7. The average Bonchev–Trinajstić information content (AvgIpc) is 2.40. The first-order chi connectivity index (χ1) is 9.45. The van der Waals surface area contributed by atoms with Crippen LogP contribution >= 0.6 is 0 Å². The maximum atomic E-state index is 13.0. The molecule has 0 heterocycles. The minimum absolute atomic E-state index is 0.0305. The topological polar surface area (TPSA) is 75.6 Å². The number of unbranched alkanes of at least 4 members (excludes halogenated alkanes) is 1. The van der Waals surface area contributed by atoms with Crippen molar-refractivity contribution in [3.8, 4) is 5.75 Å². The maximum Gasteiger partial charge on any atom is 0.339 e. The van der Waals surface area contributed by atoms with Crippen LogP contribution in [0, 0.1) is 5.82 Å². The summed E-state index contributed by atoms with van der Waals surface area (Å²) in [5, 5.41) is 11.6. The maximum absolute atomic E-state index is 13.0. The Morgan fingerprint density at radius 2 is 2.15 bits per heavy atom. The number of aromatic carboxylic acids is 1. The van der Waals surface area contributed by atoms with Gasteiger partial charge < -0.3 is 15.2 Å². The number of carbonyl (C=O) groups is 2. The van der Waals surface area contributed by atoms with Crippen molar-refractivity contribution in [2.75, 3.05) is 6.54 Å². The molecule has 0 spiro atoms. The lowest BCUT2D eigenvalue weighted by Crippen LogP contribution is -2.37. The zero-order valence-corrected chi connectivity index (χ0v) is 11.5. The van der Waals surface area contributed by atoms with E-state index in [1.165, 1.54) is 13.0 Å². The first-order valence-corrected chi connectivity index (χ1v) is 6.43. The van der Waals surface area contributed by atoms with E-state index in [1.807, 2.05) is 6.92 Å². The van der Waals surface area contributed by atoms with Crippen LogP contribution in [0.5, 0.6) is 5.75 Å². The van der Waals surface area contributed by atoms with Gasteiger partial charge in [0, 0.05) is 6.54 Å². The van der Waals surface area contributed by atoms with Gasteiger partial charge in [-0.1, -0.05) is 13.3 Å². The van der Waals surface area contributed by atoms with Gasteiger partial charge in [0.25, 0.3) is 5.91 Å². The van der Waals surface area contributed by atoms with E-state index < -0.39 is 17.9 Å². The Hall–Kier alpha value is -2.11. The van der Waals surface area contributed by atoms with Gasteiger partial charge in [0.1, 0.15) is 17.1 Å². The molecule has 0 fully saturated rings. The zero-order chi connectivity index (χ0) is 15.1. The summed E-state index contributed by atoms with van der Waals surface area (Å²) in [5.41, 5.74) is -0.307. The van der Waals surface area contributed by atoms with Crippen LogP contribution in [0.25, 0.3) is 0 Å². The third-order valence-corrected chi connectivity index (χ3v) is 2.67. The average molecular weight is 283 g/mol. The number of carboxylic acids is 1. The largest absolute Gasteiger partial charge is 0.480 e. The molecule has 0 aromatic heterocycles. The van der Waals surface area contributed by atoms with Crippen molar-refractivity contribution < 1.29 is 23.8 Å². The summed E-state index contributed by atoms with van der Waals surface area (Å²) in [6.07, 6.45) is 0.960. The minimum atomic E-state index is -1.31. The molecular formula is C14H18FNO4. The number of carbonyl (C=O) groups excluding carboxylic acids is 1. The Balaban J connectivity index is 2.72. The van der Waals surface area contributed by atoms with E-state index in [0.29, 0.717) is 6.54 Å². The van der Waals surface area contributed by atoms with Gasteiger partial charge in [0.15, 0.2) is 6.10 Å². The summed E-state index contributed by atoms with van der Waals surface area (Å²) in [4.78, 5) is 22.7. The van der Waals surface area contributed by atoms with E-state index in [0.717, 1.165) is 25.0 Å². The molecule has 1 amide bonds. The van der Waals surface area contributed by atoms with Gasteiger partial charge in [-0.3, -0.25) is 4.79 Å². The van der Waals surface area contributed by atoms with Crippen molar-refractivity contribution in [3.05, 3.63) is 29.6 Å². The standard InChI is InChI=1S/C14H18FNO4/c1-3-4-7-16-13(17)9(2)20-12-6-5-10(15)8-11(12)14(18)19/h5-6,8-9H,3-4,7H2,1-2H3,(H,16,17)(H,18,19). The number of ether oxygens (including phenoxy) is 1. The van der Waals surface area contributed by atoms with Gasteiger partial charge in [-0.05, 0) is 31.5 Å². The lowest BCUT2D eigenvalue weighted by Gasteiger charge is -2.16. The Labute approximate surface area is 116 Å². The lowest BCUT2D eigenvalue weighted by atomic mass is 10.2. The molecule has 20 heavy (non-hydrogen) atoms. The van der Waals surface area contributed by atoms with Crippen LogP contribution in [-0.2, 0) is 4.79 Å². The highest BCUT2D eigenvalue weighted by Crippen LogP contribution is 2.21. The van der Waals surface area contributed by atoms with E-state index in [9.17, 15) is 14.0 Å². The number of nitrogens with one attached hydrogen (secondary N) is 1. The van der Waals surface area contributed by atoms with Gasteiger partial charge in [-0.15, -0.1) is 0 Å². The van der Waals surface area contributed by atoms with Crippen molar-refractivity contribution in [2.45, 2.75) is 32.8 Å². The molecule has 0 bridgehead atoms. The van der Waals surface area contributed by atoms with Crippen molar-refractivity contribution in [2.24, 2.45) is 0 Å². The first kappa shape index (κ1) is 15.9. The number of benzene rings is 1. The van der Waals surface area contributed by atoms with Crippen LogP contribution in [0.1, 0.15) is 37.0 Å². The first-order valence-electron chi connectivity index (χ1n) is 6.43. The SMILES string of the molecule is CCCCNC(=O)C(C)Oc1ccc(F)cc1C(=O)O. The van der Waals surface area contributed by atoms with Crippen LogP contribution in [0.15, 0.2) is 18.2 Å². The van der Waals surface area contributed by atoms with Crippen LogP contribution in [0.4, 0.5) is 4.39 Å². The molecule has 1 rings (SSSR count). The molecule has 5 nitrogen and oxygen atoms in total. The highest BCUT2D eigenvalue weighted by molar-refractivity contribution is 5.91. The van der Waals surface area contributed by atoms with Crippen LogP contribution in [0.2, 0.25) is 0 Å². The second kappa shape index (κ2) is 7.47. The summed E-state index contributed by atoms with van der Waals surface area (Å²) in [7, 11) is 0. The fourth-order valence-corrected chi connectivity index (χ4v) is 1.55. The molecule has 2 N–H and O–H groups in total. The van der Waals surface area contributed by atoms with E-state index in [4.69, 9.17) is 9.84 Å². The minimum Gasteiger partial charge on any atom is -0.480 e. The summed E-state index contributed by atoms with van der Waals surface area (Å²) in [6.45, 7) is 4.05. The fraction of sp³-hybridized carbons (Fsp3) is 0.429. The molecule has 1 unspecified atom stereocenters. The van der Waals surface area contributed by atoms with Crippen LogP contribution in [-0.4, -0.2) is 29.6 Å². The van der Waals surface area contributed by atoms with E-state index >= 15 is 0 Å². The molecular weight excluding hydrogens is 265 g/mol. The zero-order valence-electron chi connectivity index (χ0n) is 11.5. The third-order valence-electron chi connectivity index (χ3n) is 2.67. The molecule has 1 aromatic rings. The van der Waals surface area contributed by atoms with Gasteiger partial charge in [-0.2, -0.15) is 0 Å². The van der Waals surface area contributed by atoms with E-state index in [1.54, 1.807) is 0 Å². The molecule has 0 saturated heterocycles. The molecule has 1 aromatic carbocycles. The Morgan fingerprint density at radius 1 is 1.45 bits per heavy atom. The molecule has 0 radical (unpaired) electrons. The van der Waals surface area contributed by atoms with Crippen LogP contribution < -0.4 is 10.1 Å². The predicted octanol–water partition coefficient (Wildman–Crippen LogP) is 2.21. The molecule has 0 aliphatic rings. The quantitative estimate of drug-likeness (QED) is 0.752. The van der Waals surface area contributed by atoms with E-state index in [-0.39, 0.29) is 17.2 Å². The summed E-state index contributed by atoms with van der Waals surface area (Å²) in [6, 6.07) is 3.15. The Morgan fingerprint density at radius 3 is 2.75 bits per heavy atom. The molecule has 110 valence electrons. The highest BCUT2D eigenvalue weighted by Gasteiger charge is 2.19. The molecule has 1 atom stereocenters. The Bertz CT molecular complexity index is 490. The van der Waals surface area contributed by atoms with Crippen molar-refractivity contribution in [1.82, 2.24) is 5.32 Å². The second-order valence-corrected chi connectivity index (χ2v) is 4.35. The smallest absolute Gasteiger partial charge is 0.339 e. The molecule has 0 aliphatic carbocycles. The third kappa shape index (κ3) is 4.53. The van der Waals surface area contributed by atoms with Crippen molar-refractivity contribution >= 4 is 11.9 Å². The molecule has 0 aliphatic heterocycles. The fourth-order valence-electron chi connectivity index (χ4n) is 1.55. The van der Waals surface area contributed by atoms with Gasteiger partial charge in [0.2, 0.25) is 0 Å². The molecule has 6 heteroatoms. The van der Waals surface area contributed by atoms with Crippen LogP contribution in [0.3, 0.4) is 0 Å². The number of hydrogen-bond acceptors (Lipinski definition) is 3. The van der Waals surface area contributed by atoms with E-state index in [2.05, 4.69) is 5.32 Å². The van der Waals surface area contributed by atoms with Gasteiger partial charge in [-0.25, -0.2) is 9.18 Å². The number of carboxylic acid groups (broad SMARTS) is 1. The summed E-state index contributed by atoms with van der Waals surface area (Å²) < 4.78 is 18.3.